The third-order valence-electron chi connectivity index (χ3n) is 3.23. The molecule has 84 valence electrons. The predicted molar refractivity (Wildman–Crippen MR) is 71.5 cm³/mol. The Kier molecular flexibility index (Phi) is 2.73. The van der Waals surface area contributed by atoms with Crippen molar-refractivity contribution in [2.45, 2.75) is 26.7 Å². The molecule has 0 saturated heterocycles. The maximum atomic E-state index is 6.13. The molecule has 0 unspecified atom stereocenters. The van der Waals surface area contributed by atoms with Crippen molar-refractivity contribution in [2.24, 2.45) is 0 Å². The molecule has 2 aromatic carbocycles. The molecule has 2 heteroatoms. The SMILES string of the molecule is CCc1ccc2c(N)c(CC)ccc2c1N. The second-order valence-corrected chi connectivity index (χ2v) is 4.08. The van der Waals surface area contributed by atoms with E-state index in [0.717, 1.165) is 35.0 Å². The first kappa shape index (κ1) is 10.8. The molecular formula is C14H18N2. The van der Waals surface area contributed by atoms with Crippen molar-refractivity contribution < 1.29 is 0 Å². The Morgan fingerprint density at radius 3 is 1.44 bits per heavy atom. The summed E-state index contributed by atoms with van der Waals surface area (Å²) in [4.78, 5) is 0. The van der Waals surface area contributed by atoms with Crippen molar-refractivity contribution in [3.05, 3.63) is 35.4 Å². The number of anilines is 2. The van der Waals surface area contributed by atoms with Gasteiger partial charge in [-0.05, 0) is 24.0 Å². The number of fused-ring (bicyclic) bond motifs is 1. The van der Waals surface area contributed by atoms with E-state index in [2.05, 4.69) is 38.1 Å². The number of benzene rings is 2. The highest BCUT2D eigenvalue weighted by atomic mass is 14.6. The van der Waals surface area contributed by atoms with Crippen molar-refractivity contribution >= 4 is 22.1 Å². The van der Waals surface area contributed by atoms with Gasteiger partial charge in [-0.2, -0.15) is 0 Å². The molecular weight excluding hydrogens is 196 g/mol. The van der Waals surface area contributed by atoms with E-state index in [0.29, 0.717) is 0 Å². The zero-order chi connectivity index (χ0) is 11.7. The fourth-order valence-electron chi connectivity index (χ4n) is 2.16. The Bertz CT molecular complexity index is 480. The first-order valence-electron chi connectivity index (χ1n) is 5.77. The zero-order valence-electron chi connectivity index (χ0n) is 9.88. The largest absolute Gasteiger partial charge is 0.398 e. The van der Waals surface area contributed by atoms with Crippen molar-refractivity contribution in [3.8, 4) is 0 Å². The van der Waals surface area contributed by atoms with Gasteiger partial charge in [-0.15, -0.1) is 0 Å². The summed E-state index contributed by atoms with van der Waals surface area (Å²) in [5.41, 5.74) is 16.4. The molecule has 0 aliphatic rings. The lowest BCUT2D eigenvalue weighted by atomic mass is 9.98. The summed E-state index contributed by atoms with van der Waals surface area (Å²) in [5.74, 6) is 0. The molecule has 0 amide bonds. The summed E-state index contributed by atoms with van der Waals surface area (Å²) >= 11 is 0. The number of hydrogen-bond donors (Lipinski definition) is 2. The number of nitrogens with two attached hydrogens (primary N) is 2. The molecule has 0 saturated carbocycles. The molecule has 0 aliphatic heterocycles. The molecule has 0 radical (unpaired) electrons. The second kappa shape index (κ2) is 4.05. The topological polar surface area (TPSA) is 52.0 Å². The Morgan fingerprint density at radius 2 is 1.12 bits per heavy atom. The Hall–Kier alpha value is -1.70. The minimum Gasteiger partial charge on any atom is -0.398 e. The fourth-order valence-corrected chi connectivity index (χ4v) is 2.16. The molecule has 0 aliphatic carbocycles. The summed E-state index contributed by atoms with van der Waals surface area (Å²) in [5, 5.41) is 2.16. The average molecular weight is 214 g/mol. The van der Waals surface area contributed by atoms with Crippen LogP contribution in [0.3, 0.4) is 0 Å². The second-order valence-electron chi connectivity index (χ2n) is 4.08. The van der Waals surface area contributed by atoms with E-state index < -0.39 is 0 Å². The maximum Gasteiger partial charge on any atom is 0.0426 e. The van der Waals surface area contributed by atoms with Gasteiger partial charge in [-0.3, -0.25) is 0 Å². The first-order valence-corrected chi connectivity index (χ1v) is 5.77. The summed E-state index contributed by atoms with van der Waals surface area (Å²) in [6.07, 6.45) is 1.91. The quantitative estimate of drug-likeness (QED) is 0.755. The highest BCUT2D eigenvalue weighted by Crippen LogP contribution is 2.31. The smallest absolute Gasteiger partial charge is 0.0426 e. The van der Waals surface area contributed by atoms with Crippen molar-refractivity contribution in [3.63, 3.8) is 0 Å². The van der Waals surface area contributed by atoms with E-state index in [1.807, 2.05) is 0 Å². The molecule has 4 N–H and O–H groups in total. The van der Waals surface area contributed by atoms with Gasteiger partial charge < -0.3 is 11.5 Å². The van der Waals surface area contributed by atoms with Gasteiger partial charge in [0.1, 0.15) is 0 Å². The summed E-state index contributed by atoms with van der Waals surface area (Å²) < 4.78 is 0. The first-order chi connectivity index (χ1) is 7.69. The van der Waals surface area contributed by atoms with Crippen molar-refractivity contribution in [1.82, 2.24) is 0 Å². The lowest BCUT2D eigenvalue weighted by Gasteiger charge is -2.11. The van der Waals surface area contributed by atoms with Gasteiger partial charge in [0.15, 0.2) is 0 Å². The van der Waals surface area contributed by atoms with E-state index in [1.54, 1.807) is 0 Å². The highest BCUT2D eigenvalue weighted by Gasteiger charge is 2.07. The summed E-state index contributed by atoms with van der Waals surface area (Å²) in [7, 11) is 0. The molecule has 0 fully saturated rings. The van der Waals surface area contributed by atoms with Crippen molar-refractivity contribution in [1.29, 1.82) is 0 Å². The van der Waals surface area contributed by atoms with Gasteiger partial charge >= 0.3 is 0 Å². The highest BCUT2D eigenvalue weighted by molar-refractivity contribution is 6.02. The van der Waals surface area contributed by atoms with Crippen LogP contribution in [-0.2, 0) is 12.8 Å². The predicted octanol–water partition coefficient (Wildman–Crippen LogP) is 3.13. The molecule has 2 nitrogen and oxygen atoms in total. The number of hydrogen-bond acceptors (Lipinski definition) is 2. The number of rotatable bonds is 2. The van der Waals surface area contributed by atoms with Gasteiger partial charge in [0, 0.05) is 22.1 Å². The summed E-state index contributed by atoms with van der Waals surface area (Å²) in [6.45, 7) is 4.22. The van der Waals surface area contributed by atoms with E-state index >= 15 is 0 Å². The molecule has 0 heterocycles. The van der Waals surface area contributed by atoms with Crippen LogP contribution in [0.5, 0.6) is 0 Å². The van der Waals surface area contributed by atoms with E-state index in [1.165, 1.54) is 11.1 Å². The minimum atomic E-state index is 0.870. The average Bonchev–Trinajstić information content (AvgIpc) is 2.31. The summed E-state index contributed by atoms with van der Waals surface area (Å²) in [6, 6.07) is 8.32. The molecule has 0 spiro atoms. The van der Waals surface area contributed by atoms with Gasteiger partial charge in [-0.1, -0.05) is 38.1 Å². The normalized spacial score (nSPS) is 10.9. The van der Waals surface area contributed by atoms with Crippen LogP contribution in [0.2, 0.25) is 0 Å². The monoisotopic (exact) mass is 214 g/mol. The number of nitrogen functional groups attached to an aromatic ring is 2. The molecule has 0 aromatic heterocycles. The Labute approximate surface area is 96.3 Å². The van der Waals surface area contributed by atoms with Crippen LogP contribution < -0.4 is 11.5 Å². The fraction of sp³-hybridized carbons (Fsp3) is 0.286. The van der Waals surface area contributed by atoms with Gasteiger partial charge in [-0.25, -0.2) is 0 Å². The molecule has 2 rings (SSSR count). The number of aryl methyl sites for hydroxylation is 2. The minimum absolute atomic E-state index is 0.870. The molecule has 0 bridgehead atoms. The van der Waals surface area contributed by atoms with Crippen LogP contribution in [0.4, 0.5) is 11.4 Å². The van der Waals surface area contributed by atoms with Crippen molar-refractivity contribution in [2.75, 3.05) is 11.5 Å². The zero-order valence-corrected chi connectivity index (χ0v) is 9.88. The Morgan fingerprint density at radius 1 is 0.750 bits per heavy atom. The van der Waals surface area contributed by atoms with Crippen LogP contribution in [0.25, 0.3) is 10.8 Å². The van der Waals surface area contributed by atoms with Gasteiger partial charge in [0.05, 0.1) is 0 Å². The molecule has 16 heavy (non-hydrogen) atoms. The van der Waals surface area contributed by atoms with Crippen LogP contribution in [0.15, 0.2) is 24.3 Å². The standard InChI is InChI=1S/C14H18N2/c1-3-9-5-7-12-11(13(9)15)8-6-10(4-2)14(12)16/h5-8H,3-4,15-16H2,1-2H3. The maximum absolute atomic E-state index is 6.13. The molecule has 2 aromatic rings. The molecule has 0 atom stereocenters. The van der Waals surface area contributed by atoms with Gasteiger partial charge in [0.25, 0.3) is 0 Å². The van der Waals surface area contributed by atoms with Crippen LogP contribution in [-0.4, -0.2) is 0 Å². The van der Waals surface area contributed by atoms with E-state index in [9.17, 15) is 0 Å². The third kappa shape index (κ3) is 1.51. The lowest BCUT2D eigenvalue weighted by molar-refractivity contribution is 1.14. The van der Waals surface area contributed by atoms with Gasteiger partial charge in [0.2, 0.25) is 0 Å². The van der Waals surface area contributed by atoms with Crippen LogP contribution >= 0.6 is 0 Å². The van der Waals surface area contributed by atoms with E-state index in [4.69, 9.17) is 11.5 Å². The third-order valence-corrected chi connectivity index (χ3v) is 3.23. The lowest BCUT2D eigenvalue weighted by Crippen LogP contribution is -1.98. The van der Waals surface area contributed by atoms with Crippen LogP contribution in [0, 0.1) is 0 Å². The Balaban J connectivity index is 2.78. The van der Waals surface area contributed by atoms with Crippen LogP contribution in [0.1, 0.15) is 25.0 Å². The van der Waals surface area contributed by atoms with E-state index in [-0.39, 0.29) is 0 Å².